The number of hydrogen-bond acceptors (Lipinski definition) is 0. The zero-order valence-electron chi connectivity index (χ0n) is 28.6. The van der Waals surface area contributed by atoms with Gasteiger partial charge in [0, 0.05) is 0 Å². The molecule has 0 N–H and O–H groups in total. The first-order valence-electron chi connectivity index (χ1n) is 16.5. The zero-order chi connectivity index (χ0) is 30.7. The fourth-order valence-corrected chi connectivity index (χ4v) is 22.0. The molecule has 6 aliphatic carbocycles. The van der Waals surface area contributed by atoms with Crippen molar-refractivity contribution in [1.82, 2.24) is 0 Å². The van der Waals surface area contributed by atoms with Crippen molar-refractivity contribution >= 4 is 3.71 Å². The van der Waals surface area contributed by atoms with Gasteiger partial charge in [0.15, 0.2) is 0 Å². The number of allylic oxidation sites excluding steroid dienone is 16. The van der Waals surface area contributed by atoms with Crippen LogP contribution in [0.3, 0.4) is 0 Å². The van der Waals surface area contributed by atoms with Crippen LogP contribution in [-0.2, 0) is 21.3 Å². The number of halogens is 2. The molecule has 0 radical (unpaired) electrons. The van der Waals surface area contributed by atoms with Gasteiger partial charge in [-0.2, -0.15) is 0 Å². The van der Waals surface area contributed by atoms with E-state index in [4.69, 9.17) is 0 Å². The molecular formula is C42H50Cl2Zr. The second kappa shape index (κ2) is 11.0. The average Bonchev–Trinajstić information content (AvgIpc) is 3.57. The van der Waals surface area contributed by atoms with Gasteiger partial charge < -0.3 is 24.8 Å². The number of fused-ring (bicyclic) bond motifs is 8. The third kappa shape index (κ3) is 3.74. The molecule has 0 aromatic heterocycles. The quantitative estimate of drug-likeness (QED) is 0.420. The van der Waals surface area contributed by atoms with E-state index in [1.165, 1.54) is 11.1 Å². The van der Waals surface area contributed by atoms with Crippen molar-refractivity contribution in [3.05, 3.63) is 129 Å². The second-order valence-corrected chi connectivity index (χ2v) is 21.9. The topological polar surface area (TPSA) is 0 Å². The van der Waals surface area contributed by atoms with Gasteiger partial charge in [0.2, 0.25) is 0 Å². The van der Waals surface area contributed by atoms with Crippen LogP contribution in [0.15, 0.2) is 118 Å². The number of rotatable bonds is 3. The van der Waals surface area contributed by atoms with E-state index >= 15 is 0 Å². The summed E-state index contributed by atoms with van der Waals surface area (Å²) < 4.78 is 5.21. The van der Waals surface area contributed by atoms with Gasteiger partial charge >= 0.3 is 270 Å². The first kappa shape index (κ1) is 34.8. The van der Waals surface area contributed by atoms with Crippen molar-refractivity contribution in [3.63, 3.8) is 0 Å². The first-order valence-corrected chi connectivity index (χ1v) is 20.6. The van der Waals surface area contributed by atoms with Gasteiger partial charge in [0.05, 0.1) is 0 Å². The van der Waals surface area contributed by atoms with Crippen LogP contribution >= 0.6 is 0 Å². The molecule has 0 heterocycles. The SMILES string of the molecule is CC1=CC=CC2[CH](/[Zr+2](=[CH]/c3ccc(C)cc3)[C]3=CC=CC3)C3(C)C4(C)C=CC=CC4(C)C4(C)C=CC=CC4(C)C3(C)C12C.[Cl-].[Cl-]. The second-order valence-electron chi connectivity index (χ2n) is 15.8. The van der Waals surface area contributed by atoms with Crippen LogP contribution in [0, 0.1) is 50.7 Å². The summed E-state index contributed by atoms with van der Waals surface area (Å²) >= 11 is -2.54. The van der Waals surface area contributed by atoms with Crippen LogP contribution in [0.1, 0.15) is 72.9 Å². The third-order valence-corrected chi connectivity index (χ3v) is 23.6. The van der Waals surface area contributed by atoms with E-state index in [9.17, 15) is 0 Å². The Bertz CT molecular complexity index is 1680. The molecule has 9 unspecified atom stereocenters. The molecule has 6 aliphatic rings. The molecule has 0 bridgehead atoms. The molecular weight excluding hydrogens is 667 g/mol. The van der Waals surface area contributed by atoms with Crippen LogP contribution < -0.4 is 24.8 Å². The van der Waals surface area contributed by atoms with E-state index in [0.717, 1.165) is 6.42 Å². The standard InChI is InChI=1S/C29H37.C8H8.C5H5.2ClH.Zr/c1-21-14-13-15-22-20-27(6)25(4)18-10-9-16-23(25,2)24(3)17-11-12-19-26(24,5)29(27,8)28(21,22)7;1-7-3-5-8(2)6-4-7;1-2-4-5-3-1;;;/h9-20,22H,1-8H3;1,3-6H,2H3;1-3H,4H2;2*1H;/q;;;;;+2/p-2. The molecule has 236 valence electrons. The van der Waals surface area contributed by atoms with Gasteiger partial charge in [-0.15, -0.1) is 0 Å². The Labute approximate surface area is 293 Å². The molecule has 0 nitrogen and oxygen atoms in total. The van der Waals surface area contributed by atoms with Crippen LogP contribution in [0.2, 0.25) is 3.63 Å². The van der Waals surface area contributed by atoms with Crippen molar-refractivity contribution in [1.29, 1.82) is 0 Å². The zero-order valence-corrected chi connectivity index (χ0v) is 32.6. The summed E-state index contributed by atoms with van der Waals surface area (Å²) in [6, 6.07) is 9.40. The van der Waals surface area contributed by atoms with Crippen LogP contribution in [0.4, 0.5) is 0 Å². The average molecular weight is 717 g/mol. The molecule has 0 saturated heterocycles. The molecule has 2 fully saturated rings. The number of benzene rings is 1. The Hall–Kier alpha value is -1.53. The maximum Gasteiger partial charge on any atom is -1.00 e. The van der Waals surface area contributed by atoms with Crippen molar-refractivity contribution in [2.24, 2.45) is 43.8 Å². The Balaban J connectivity index is 0.00000200. The Kier molecular flexibility index (Phi) is 8.51. The minimum absolute atomic E-state index is 0. The maximum absolute atomic E-state index is 2.85. The Morgan fingerprint density at radius 3 is 1.80 bits per heavy atom. The van der Waals surface area contributed by atoms with Crippen LogP contribution in [0.5, 0.6) is 0 Å². The first-order chi connectivity index (χ1) is 20.3. The third-order valence-electron chi connectivity index (χ3n) is 15.4. The van der Waals surface area contributed by atoms with E-state index in [0.29, 0.717) is 9.54 Å². The van der Waals surface area contributed by atoms with Crippen molar-refractivity contribution < 1.29 is 46.1 Å². The molecule has 1 aromatic rings. The van der Waals surface area contributed by atoms with Gasteiger partial charge in [0.1, 0.15) is 0 Å². The minimum Gasteiger partial charge on any atom is -1.00 e. The molecule has 0 amide bonds. The fraction of sp³-hybridized carbons (Fsp3) is 0.452. The number of aryl methyl sites for hydroxylation is 1. The monoisotopic (exact) mass is 714 g/mol. The summed E-state index contributed by atoms with van der Waals surface area (Å²) in [4.78, 5) is 0. The molecule has 0 aliphatic heterocycles. The summed E-state index contributed by atoms with van der Waals surface area (Å²) in [5.41, 5.74) is 4.14. The van der Waals surface area contributed by atoms with E-state index < -0.39 is 21.3 Å². The molecule has 2 saturated carbocycles. The van der Waals surface area contributed by atoms with Gasteiger partial charge in [-0.3, -0.25) is 0 Å². The largest absolute Gasteiger partial charge is 1.00 e. The molecule has 9 atom stereocenters. The van der Waals surface area contributed by atoms with E-state index in [1.807, 2.05) is 0 Å². The molecule has 3 heteroatoms. The fourth-order valence-electron chi connectivity index (χ4n) is 12.1. The Morgan fingerprint density at radius 1 is 0.667 bits per heavy atom. The van der Waals surface area contributed by atoms with Crippen molar-refractivity contribution in [2.45, 2.75) is 72.4 Å². The maximum atomic E-state index is 2.85. The molecule has 0 spiro atoms. The predicted octanol–water partition coefficient (Wildman–Crippen LogP) is 4.86. The van der Waals surface area contributed by atoms with Gasteiger partial charge in [-0.25, -0.2) is 0 Å². The van der Waals surface area contributed by atoms with Crippen molar-refractivity contribution in [3.8, 4) is 0 Å². The summed E-state index contributed by atoms with van der Waals surface area (Å²) in [6.07, 6.45) is 36.0. The smallest absolute Gasteiger partial charge is 1.00 e. The van der Waals surface area contributed by atoms with E-state index in [-0.39, 0.29) is 62.7 Å². The van der Waals surface area contributed by atoms with Gasteiger partial charge in [0.25, 0.3) is 0 Å². The van der Waals surface area contributed by atoms with Crippen LogP contribution in [-0.4, -0.2) is 3.71 Å². The van der Waals surface area contributed by atoms with Gasteiger partial charge in [-0.1, -0.05) is 0 Å². The van der Waals surface area contributed by atoms with Gasteiger partial charge in [-0.05, 0) is 0 Å². The summed E-state index contributed by atoms with van der Waals surface area (Å²) in [5.74, 6) is 0.490. The normalized spacial score (nSPS) is 44.6. The predicted molar refractivity (Wildman–Crippen MR) is 182 cm³/mol. The molecule has 45 heavy (non-hydrogen) atoms. The molecule has 7 rings (SSSR count). The summed E-state index contributed by atoms with van der Waals surface area (Å²) in [6.45, 7) is 23.4. The van der Waals surface area contributed by atoms with E-state index in [1.54, 1.807) is 8.85 Å². The van der Waals surface area contributed by atoms with E-state index in [2.05, 4.69) is 175 Å². The minimum atomic E-state index is -2.54. The number of hydrogen-bond donors (Lipinski definition) is 0. The molecule has 1 aromatic carbocycles. The summed E-state index contributed by atoms with van der Waals surface area (Å²) in [7, 11) is 0. The van der Waals surface area contributed by atoms with Crippen molar-refractivity contribution in [2.75, 3.05) is 0 Å². The Morgan fingerprint density at radius 2 is 1.22 bits per heavy atom. The van der Waals surface area contributed by atoms with Crippen LogP contribution in [0.25, 0.3) is 0 Å². The summed E-state index contributed by atoms with van der Waals surface area (Å²) in [5, 5.41) is 0.